The van der Waals surface area contributed by atoms with Gasteiger partial charge in [-0.25, -0.2) is 0 Å². The molecule has 0 aliphatic carbocycles. The Balaban J connectivity index is 2.43. The van der Waals surface area contributed by atoms with Crippen molar-refractivity contribution in [1.29, 1.82) is 0 Å². The van der Waals surface area contributed by atoms with Crippen LogP contribution in [0.1, 0.15) is 25.2 Å². The zero-order valence-corrected chi connectivity index (χ0v) is 10.2. The van der Waals surface area contributed by atoms with Crippen LogP contribution in [0.25, 0.3) is 0 Å². The van der Waals surface area contributed by atoms with Gasteiger partial charge in [-0.15, -0.1) is 0 Å². The maximum Gasteiger partial charge on any atom is 0.105 e. The Kier molecular flexibility index (Phi) is 4.36. The van der Waals surface area contributed by atoms with Crippen molar-refractivity contribution in [2.45, 2.75) is 33.4 Å². The molecule has 0 saturated heterocycles. The summed E-state index contributed by atoms with van der Waals surface area (Å²) in [5.74, 6) is 1.53. The van der Waals surface area contributed by atoms with Gasteiger partial charge in [0.15, 0.2) is 0 Å². The Morgan fingerprint density at radius 2 is 2.13 bits per heavy atom. The van der Waals surface area contributed by atoms with Crippen molar-refractivity contribution < 1.29 is 4.42 Å². The molecule has 0 radical (unpaired) electrons. The van der Waals surface area contributed by atoms with E-state index < -0.39 is 0 Å². The van der Waals surface area contributed by atoms with Crippen LogP contribution in [0.15, 0.2) is 16.7 Å². The molecule has 0 spiro atoms. The normalized spacial score (nSPS) is 13.8. The zero-order valence-electron chi connectivity index (χ0n) is 10.2. The SMILES string of the molecule is Cc1occc1CN(C)CC(N)C(C)C. The molecule has 0 fully saturated rings. The Morgan fingerprint density at radius 1 is 1.47 bits per heavy atom. The summed E-state index contributed by atoms with van der Waals surface area (Å²) in [5, 5.41) is 0. The third kappa shape index (κ3) is 3.68. The van der Waals surface area contributed by atoms with Gasteiger partial charge in [0, 0.05) is 24.7 Å². The van der Waals surface area contributed by atoms with Crippen molar-refractivity contribution in [1.82, 2.24) is 4.90 Å². The van der Waals surface area contributed by atoms with Crippen LogP contribution in [0.3, 0.4) is 0 Å². The molecule has 0 aromatic carbocycles. The van der Waals surface area contributed by atoms with Crippen LogP contribution in [-0.2, 0) is 6.54 Å². The highest BCUT2D eigenvalue weighted by Gasteiger charge is 2.12. The van der Waals surface area contributed by atoms with Gasteiger partial charge in [-0.2, -0.15) is 0 Å². The third-order valence-corrected chi connectivity index (χ3v) is 2.79. The second-order valence-electron chi connectivity index (χ2n) is 4.61. The summed E-state index contributed by atoms with van der Waals surface area (Å²) in [5.41, 5.74) is 7.26. The average Bonchev–Trinajstić information content (AvgIpc) is 2.51. The van der Waals surface area contributed by atoms with Gasteiger partial charge in [0.2, 0.25) is 0 Å². The molecule has 2 N–H and O–H groups in total. The molecule has 1 heterocycles. The number of aryl methyl sites for hydroxylation is 1. The smallest absolute Gasteiger partial charge is 0.105 e. The summed E-state index contributed by atoms with van der Waals surface area (Å²) in [4.78, 5) is 2.24. The summed E-state index contributed by atoms with van der Waals surface area (Å²) in [6, 6.07) is 2.26. The number of furan rings is 1. The molecule has 0 saturated carbocycles. The molecule has 1 rings (SSSR count). The molecule has 0 amide bonds. The molecule has 0 aliphatic heterocycles. The fourth-order valence-corrected chi connectivity index (χ4v) is 1.50. The van der Waals surface area contributed by atoms with Gasteiger partial charge >= 0.3 is 0 Å². The fourth-order valence-electron chi connectivity index (χ4n) is 1.50. The summed E-state index contributed by atoms with van der Waals surface area (Å²) < 4.78 is 5.26. The third-order valence-electron chi connectivity index (χ3n) is 2.79. The van der Waals surface area contributed by atoms with E-state index in [4.69, 9.17) is 10.2 Å². The first-order chi connectivity index (χ1) is 7.00. The molecule has 86 valence electrons. The second-order valence-corrected chi connectivity index (χ2v) is 4.61. The predicted molar refractivity (Wildman–Crippen MR) is 62.6 cm³/mol. The molecule has 0 aliphatic rings. The van der Waals surface area contributed by atoms with Crippen molar-refractivity contribution in [2.24, 2.45) is 11.7 Å². The molecule has 3 heteroatoms. The van der Waals surface area contributed by atoms with Crippen molar-refractivity contribution in [3.8, 4) is 0 Å². The van der Waals surface area contributed by atoms with Gasteiger partial charge < -0.3 is 15.1 Å². The average molecular weight is 210 g/mol. The van der Waals surface area contributed by atoms with Crippen LogP contribution < -0.4 is 5.73 Å². The number of nitrogens with two attached hydrogens (primary N) is 1. The van der Waals surface area contributed by atoms with Gasteiger partial charge in [0.25, 0.3) is 0 Å². The molecule has 1 aromatic heterocycles. The Morgan fingerprint density at radius 3 is 2.60 bits per heavy atom. The predicted octanol–water partition coefficient (Wildman–Crippen LogP) is 2.00. The highest BCUT2D eigenvalue weighted by molar-refractivity contribution is 5.14. The molecular formula is C12H22N2O. The highest BCUT2D eigenvalue weighted by atomic mass is 16.3. The number of hydrogen-bond acceptors (Lipinski definition) is 3. The maximum atomic E-state index is 6.02. The monoisotopic (exact) mass is 210 g/mol. The van der Waals surface area contributed by atoms with E-state index in [1.165, 1.54) is 5.56 Å². The van der Waals surface area contributed by atoms with Crippen LogP contribution in [0.4, 0.5) is 0 Å². The van der Waals surface area contributed by atoms with Crippen molar-refractivity contribution in [3.05, 3.63) is 23.7 Å². The number of hydrogen-bond donors (Lipinski definition) is 1. The van der Waals surface area contributed by atoms with E-state index in [9.17, 15) is 0 Å². The number of nitrogens with zero attached hydrogens (tertiary/aromatic N) is 1. The topological polar surface area (TPSA) is 42.4 Å². The van der Waals surface area contributed by atoms with Gasteiger partial charge in [-0.1, -0.05) is 13.8 Å². The number of likely N-dealkylation sites (N-methyl/N-ethyl adjacent to an activating group) is 1. The van der Waals surface area contributed by atoms with Crippen LogP contribution in [0.5, 0.6) is 0 Å². The second kappa shape index (κ2) is 5.33. The van der Waals surface area contributed by atoms with E-state index in [2.05, 4.69) is 25.8 Å². The molecule has 1 unspecified atom stereocenters. The van der Waals surface area contributed by atoms with E-state index in [0.29, 0.717) is 5.92 Å². The van der Waals surface area contributed by atoms with Gasteiger partial charge in [-0.3, -0.25) is 0 Å². The largest absolute Gasteiger partial charge is 0.469 e. The minimum Gasteiger partial charge on any atom is -0.469 e. The first-order valence-corrected chi connectivity index (χ1v) is 5.47. The lowest BCUT2D eigenvalue weighted by molar-refractivity contribution is 0.275. The van der Waals surface area contributed by atoms with E-state index in [1.54, 1.807) is 6.26 Å². The summed E-state index contributed by atoms with van der Waals surface area (Å²) in [6.45, 7) is 8.12. The Hall–Kier alpha value is -0.800. The van der Waals surface area contributed by atoms with Crippen molar-refractivity contribution in [3.63, 3.8) is 0 Å². The Labute approximate surface area is 92.2 Å². The lowest BCUT2D eigenvalue weighted by Crippen LogP contribution is -2.38. The summed E-state index contributed by atoms with van der Waals surface area (Å²) in [7, 11) is 2.09. The maximum absolute atomic E-state index is 6.02. The highest BCUT2D eigenvalue weighted by Crippen LogP contribution is 2.11. The zero-order chi connectivity index (χ0) is 11.4. The minimum atomic E-state index is 0.238. The number of rotatable bonds is 5. The van der Waals surface area contributed by atoms with Crippen molar-refractivity contribution >= 4 is 0 Å². The van der Waals surface area contributed by atoms with Crippen LogP contribution in [0, 0.1) is 12.8 Å². The lowest BCUT2D eigenvalue weighted by atomic mass is 10.1. The Bertz CT molecular complexity index is 294. The molecule has 15 heavy (non-hydrogen) atoms. The minimum absolute atomic E-state index is 0.238. The molecule has 1 aromatic rings. The molecule has 0 bridgehead atoms. The van der Waals surface area contributed by atoms with Crippen molar-refractivity contribution in [2.75, 3.05) is 13.6 Å². The standard InChI is InChI=1S/C12H22N2O/c1-9(2)12(13)8-14(4)7-11-5-6-15-10(11)3/h5-6,9,12H,7-8,13H2,1-4H3. The van der Waals surface area contributed by atoms with Crippen LogP contribution >= 0.6 is 0 Å². The van der Waals surface area contributed by atoms with Gasteiger partial charge in [0.05, 0.1) is 6.26 Å². The van der Waals surface area contributed by atoms with Gasteiger partial charge in [0.1, 0.15) is 5.76 Å². The van der Waals surface area contributed by atoms with Gasteiger partial charge in [-0.05, 0) is 26.0 Å². The summed E-state index contributed by atoms with van der Waals surface area (Å²) >= 11 is 0. The molecule has 1 atom stereocenters. The van der Waals surface area contributed by atoms with E-state index in [-0.39, 0.29) is 6.04 Å². The van der Waals surface area contributed by atoms with Crippen LogP contribution in [-0.4, -0.2) is 24.5 Å². The van der Waals surface area contributed by atoms with E-state index in [1.807, 2.05) is 13.0 Å². The quantitative estimate of drug-likeness (QED) is 0.808. The summed E-state index contributed by atoms with van der Waals surface area (Å²) in [6.07, 6.45) is 1.74. The molecular weight excluding hydrogens is 188 g/mol. The van der Waals surface area contributed by atoms with Crippen LogP contribution in [0.2, 0.25) is 0 Å². The molecule has 3 nitrogen and oxygen atoms in total. The first-order valence-electron chi connectivity index (χ1n) is 5.47. The van der Waals surface area contributed by atoms with E-state index >= 15 is 0 Å². The van der Waals surface area contributed by atoms with E-state index in [0.717, 1.165) is 18.8 Å². The lowest BCUT2D eigenvalue weighted by Gasteiger charge is -2.23. The first kappa shape index (κ1) is 12.3. The fraction of sp³-hybridized carbons (Fsp3) is 0.667.